The van der Waals surface area contributed by atoms with Gasteiger partial charge in [-0.15, -0.1) is 11.8 Å². The largest absolute Gasteiger partial charge is 0.493 e. The molecule has 0 atom stereocenters. The molecule has 0 saturated heterocycles. The van der Waals surface area contributed by atoms with Gasteiger partial charge < -0.3 is 14.2 Å². The van der Waals surface area contributed by atoms with Crippen LogP contribution in [0.25, 0.3) is 0 Å². The van der Waals surface area contributed by atoms with Crippen LogP contribution < -0.4 is 9.47 Å². The van der Waals surface area contributed by atoms with Crippen LogP contribution in [-0.2, 0) is 4.74 Å². The number of hydrogen-bond donors (Lipinski definition) is 0. The normalized spacial score (nSPS) is 10.5. The van der Waals surface area contributed by atoms with Gasteiger partial charge >= 0.3 is 5.97 Å². The Labute approximate surface area is 197 Å². The van der Waals surface area contributed by atoms with E-state index in [9.17, 15) is 4.79 Å². The zero-order valence-electron chi connectivity index (χ0n) is 16.1. The maximum Gasteiger partial charge on any atom is 0.339 e. The molecule has 3 aromatic rings. The highest BCUT2D eigenvalue weighted by Crippen LogP contribution is 2.24. The summed E-state index contributed by atoms with van der Waals surface area (Å²) in [6.07, 6.45) is 0. The molecule has 3 aromatic carbocycles. The minimum absolute atomic E-state index is 0.181. The van der Waals surface area contributed by atoms with E-state index in [2.05, 4.69) is 31.9 Å². The molecule has 0 bridgehead atoms. The topological polar surface area (TPSA) is 44.8 Å². The number of carbonyl (C=O) groups is 1. The van der Waals surface area contributed by atoms with Crippen LogP contribution in [0.5, 0.6) is 11.5 Å². The molecule has 0 amide bonds. The maximum absolute atomic E-state index is 12.5. The first-order valence-corrected chi connectivity index (χ1v) is 11.8. The van der Waals surface area contributed by atoms with E-state index in [1.54, 1.807) is 17.8 Å². The van der Waals surface area contributed by atoms with Gasteiger partial charge in [0.1, 0.15) is 24.7 Å². The fraction of sp³-hybridized carbons (Fsp3) is 0.174. The van der Waals surface area contributed by atoms with Gasteiger partial charge in [0.15, 0.2) is 0 Å². The second-order valence-corrected chi connectivity index (χ2v) is 9.05. The molecule has 0 heterocycles. The third-order valence-corrected chi connectivity index (χ3v) is 6.02. The summed E-state index contributed by atoms with van der Waals surface area (Å²) in [6, 6.07) is 22.6. The van der Waals surface area contributed by atoms with Gasteiger partial charge in [0.05, 0.1) is 12.2 Å². The smallest absolute Gasteiger partial charge is 0.339 e. The van der Waals surface area contributed by atoms with Crippen molar-refractivity contribution in [3.63, 3.8) is 0 Å². The van der Waals surface area contributed by atoms with Crippen LogP contribution in [0, 0.1) is 0 Å². The Morgan fingerprint density at radius 1 is 0.733 bits per heavy atom. The lowest BCUT2D eigenvalue weighted by atomic mass is 10.2. The van der Waals surface area contributed by atoms with Crippen LogP contribution in [0.15, 0.2) is 86.6 Å². The summed E-state index contributed by atoms with van der Waals surface area (Å²) < 4.78 is 18.7. The zero-order valence-corrected chi connectivity index (χ0v) is 20.0. The molecular formula is C23H20Br2O4S. The lowest BCUT2D eigenvalue weighted by Gasteiger charge is -2.11. The van der Waals surface area contributed by atoms with Crippen molar-refractivity contribution in [2.75, 3.05) is 25.6 Å². The zero-order chi connectivity index (χ0) is 21.2. The molecular weight excluding hydrogens is 532 g/mol. The lowest BCUT2D eigenvalue weighted by Crippen LogP contribution is -2.13. The van der Waals surface area contributed by atoms with E-state index in [1.165, 1.54) is 0 Å². The Hall–Kier alpha value is -1.96. The van der Waals surface area contributed by atoms with Gasteiger partial charge in [-0.25, -0.2) is 4.79 Å². The van der Waals surface area contributed by atoms with Crippen LogP contribution in [0.4, 0.5) is 0 Å². The number of thioether (sulfide) groups is 1. The highest BCUT2D eigenvalue weighted by atomic mass is 79.9. The highest BCUT2D eigenvalue weighted by molar-refractivity contribution is 9.10. The summed E-state index contributed by atoms with van der Waals surface area (Å²) in [7, 11) is 0. The number of esters is 1. The fourth-order valence-electron chi connectivity index (χ4n) is 2.51. The Balaban J connectivity index is 1.43. The number of rotatable bonds is 10. The summed E-state index contributed by atoms with van der Waals surface area (Å²) in [5.41, 5.74) is 0.551. The summed E-state index contributed by atoms with van der Waals surface area (Å²) in [4.78, 5) is 13.3. The van der Waals surface area contributed by atoms with Crippen molar-refractivity contribution < 1.29 is 19.0 Å². The standard InChI is InChI=1S/C23H20Br2O4S/c24-17-5-9-19(10-6-17)27-13-14-29-23(26)21-3-1-2-4-22(21)30-16-15-28-20-11-7-18(25)8-12-20/h1-12H,13-16H2. The summed E-state index contributed by atoms with van der Waals surface area (Å²) in [5.74, 6) is 1.91. The molecule has 3 rings (SSSR count). The van der Waals surface area contributed by atoms with Crippen LogP contribution >= 0.6 is 43.6 Å². The average Bonchev–Trinajstić information content (AvgIpc) is 2.77. The van der Waals surface area contributed by atoms with Crippen molar-refractivity contribution in [2.45, 2.75) is 4.90 Å². The van der Waals surface area contributed by atoms with E-state index < -0.39 is 0 Å². The minimum Gasteiger partial charge on any atom is -0.493 e. The third kappa shape index (κ3) is 7.38. The first-order valence-electron chi connectivity index (χ1n) is 9.27. The molecule has 156 valence electrons. The van der Waals surface area contributed by atoms with Crippen molar-refractivity contribution in [3.05, 3.63) is 87.3 Å². The van der Waals surface area contributed by atoms with E-state index in [-0.39, 0.29) is 12.6 Å². The Morgan fingerprint density at radius 2 is 1.30 bits per heavy atom. The summed E-state index contributed by atoms with van der Waals surface area (Å²) in [5, 5.41) is 0. The minimum atomic E-state index is -0.355. The molecule has 0 saturated carbocycles. The van der Waals surface area contributed by atoms with Crippen molar-refractivity contribution in [3.8, 4) is 11.5 Å². The molecule has 4 nitrogen and oxygen atoms in total. The molecule has 0 aliphatic rings. The maximum atomic E-state index is 12.5. The predicted molar refractivity (Wildman–Crippen MR) is 127 cm³/mol. The van der Waals surface area contributed by atoms with Gasteiger partial charge in [0, 0.05) is 19.6 Å². The number of ether oxygens (including phenoxy) is 3. The molecule has 0 spiro atoms. The van der Waals surface area contributed by atoms with E-state index in [4.69, 9.17) is 14.2 Å². The number of carbonyl (C=O) groups excluding carboxylic acids is 1. The SMILES string of the molecule is O=C(OCCOc1ccc(Br)cc1)c1ccccc1SCCOc1ccc(Br)cc1. The van der Waals surface area contributed by atoms with Gasteiger partial charge in [0.2, 0.25) is 0 Å². The van der Waals surface area contributed by atoms with Gasteiger partial charge in [-0.05, 0) is 60.7 Å². The van der Waals surface area contributed by atoms with E-state index in [0.29, 0.717) is 24.5 Å². The molecule has 0 N–H and O–H groups in total. The quantitative estimate of drug-likeness (QED) is 0.161. The summed E-state index contributed by atoms with van der Waals surface area (Å²) in [6.45, 7) is 1.01. The van der Waals surface area contributed by atoms with E-state index in [0.717, 1.165) is 25.3 Å². The second kappa shape index (κ2) is 12.0. The Kier molecular flexibility index (Phi) is 9.11. The lowest BCUT2D eigenvalue weighted by molar-refractivity contribution is 0.0446. The van der Waals surface area contributed by atoms with E-state index >= 15 is 0 Å². The van der Waals surface area contributed by atoms with Crippen LogP contribution in [0.1, 0.15) is 10.4 Å². The predicted octanol–water partition coefficient (Wildman–Crippen LogP) is 6.62. The Bertz CT molecular complexity index is 946. The molecule has 0 aliphatic carbocycles. The summed E-state index contributed by atoms with van der Waals surface area (Å²) >= 11 is 8.35. The number of benzene rings is 3. The molecule has 0 fully saturated rings. The number of halogens is 2. The molecule has 7 heteroatoms. The number of hydrogen-bond acceptors (Lipinski definition) is 5. The van der Waals surface area contributed by atoms with E-state index in [1.807, 2.05) is 66.7 Å². The molecule has 0 aromatic heterocycles. The van der Waals surface area contributed by atoms with Crippen molar-refractivity contribution in [1.82, 2.24) is 0 Å². The van der Waals surface area contributed by atoms with Gasteiger partial charge in [-0.2, -0.15) is 0 Å². The first kappa shape index (κ1) is 22.7. The van der Waals surface area contributed by atoms with Crippen LogP contribution in [0.3, 0.4) is 0 Å². The van der Waals surface area contributed by atoms with Gasteiger partial charge in [-0.3, -0.25) is 0 Å². The van der Waals surface area contributed by atoms with Gasteiger partial charge in [-0.1, -0.05) is 44.0 Å². The van der Waals surface area contributed by atoms with Crippen molar-refractivity contribution in [1.29, 1.82) is 0 Å². The molecule has 0 radical (unpaired) electrons. The highest BCUT2D eigenvalue weighted by Gasteiger charge is 2.13. The third-order valence-electron chi connectivity index (χ3n) is 3.93. The molecule has 0 aliphatic heterocycles. The fourth-order valence-corrected chi connectivity index (χ4v) is 3.90. The van der Waals surface area contributed by atoms with Gasteiger partial charge in [0.25, 0.3) is 0 Å². The van der Waals surface area contributed by atoms with Crippen LogP contribution in [0.2, 0.25) is 0 Å². The molecule has 0 unspecified atom stereocenters. The monoisotopic (exact) mass is 550 g/mol. The van der Waals surface area contributed by atoms with Crippen molar-refractivity contribution >= 4 is 49.6 Å². The van der Waals surface area contributed by atoms with Crippen LogP contribution in [-0.4, -0.2) is 31.5 Å². The second-order valence-electron chi connectivity index (χ2n) is 6.09. The first-order chi connectivity index (χ1) is 14.6. The Morgan fingerprint density at radius 3 is 1.93 bits per heavy atom. The van der Waals surface area contributed by atoms with Crippen molar-refractivity contribution in [2.24, 2.45) is 0 Å². The average molecular weight is 552 g/mol. The molecule has 30 heavy (non-hydrogen) atoms.